The minimum absolute atomic E-state index is 0.0730. The van der Waals surface area contributed by atoms with Crippen LogP contribution in [0, 0.1) is 5.92 Å². The average Bonchev–Trinajstić information content (AvgIpc) is 3.25. The van der Waals surface area contributed by atoms with Crippen LogP contribution in [0.3, 0.4) is 0 Å². The van der Waals surface area contributed by atoms with Crippen LogP contribution in [0.2, 0.25) is 0 Å². The second-order valence-electron chi connectivity index (χ2n) is 6.54. The van der Waals surface area contributed by atoms with Crippen LogP contribution in [0.5, 0.6) is 0 Å². The smallest absolute Gasteiger partial charge is 0.246 e. The first-order valence-corrected chi connectivity index (χ1v) is 10.2. The summed E-state index contributed by atoms with van der Waals surface area (Å²) in [7, 11) is 0. The molecule has 2 aliphatic rings. The Labute approximate surface area is 155 Å². The van der Waals surface area contributed by atoms with E-state index in [2.05, 4.69) is 15.9 Å². The van der Waals surface area contributed by atoms with E-state index in [1.807, 2.05) is 28.0 Å². The van der Waals surface area contributed by atoms with Gasteiger partial charge in [-0.2, -0.15) is 0 Å². The molecule has 24 heavy (non-hydrogen) atoms. The molecule has 3 heterocycles. The molecule has 1 aromatic heterocycles. The number of likely N-dealkylation sites (tertiary alicyclic amines) is 2. The summed E-state index contributed by atoms with van der Waals surface area (Å²) in [5, 5.41) is 0. The topological polar surface area (TPSA) is 40.6 Å². The molecule has 0 aromatic carbocycles. The molecule has 130 valence electrons. The molecule has 6 heteroatoms. The Bertz CT molecular complexity index is 614. The molecule has 4 nitrogen and oxygen atoms in total. The summed E-state index contributed by atoms with van der Waals surface area (Å²) in [4.78, 5) is 29.5. The van der Waals surface area contributed by atoms with Gasteiger partial charge < -0.3 is 9.80 Å². The SMILES string of the molecule is O=C(C=Cc1ccc(Br)s1)N1CCC(CC(=O)N2CCCC2)CC1. The molecule has 2 saturated heterocycles. The van der Waals surface area contributed by atoms with E-state index in [4.69, 9.17) is 0 Å². The number of thiophene rings is 1. The summed E-state index contributed by atoms with van der Waals surface area (Å²) >= 11 is 5.04. The van der Waals surface area contributed by atoms with Gasteiger partial charge in [0.25, 0.3) is 0 Å². The molecule has 2 aliphatic heterocycles. The van der Waals surface area contributed by atoms with E-state index in [1.165, 1.54) is 0 Å². The largest absolute Gasteiger partial charge is 0.343 e. The van der Waals surface area contributed by atoms with Gasteiger partial charge in [-0.05, 0) is 65.7 Å². The van der Waals surface area contributed by atoms with Crippen molar-refractivity contribution in [3.8, 4) is 0 Å². The standard InChI is InChI=1S/C18H23BrN2O2S/c19-16-5-3-15(24-16)4-6-17(22)21-11-7-14(8-12-21)13-18(23)20-9-1-2-10-20/h3-6,14H,1-2,7-13H2. The van der Waals surface area contributed by atoms with Crippen molar-refractivity contribution in [3.63, 3.8) is 0 Å². The Morgan fingerprint density at radius 1 is 1.12 bits per heavy atom. The maximum atomic E-state index is 12.3. The number of carbonyl (C=O) groups is 2. The Morgan fingerprint density at radius 2 is 1.83 bits per heavy atom. The van der Waals surface area contributed by atoms with Crippen LogP contribution < -0.4 is 0 Å². The van der Waals surface area contributed by atoms with Crippen LogP contribution in [0.4, 0.5) is 0 Å². The molecule has 3 rings (SSSR count). The van der Waals surface area contributed by atoms with Gasteiger partial charge in [0.05, 0.1) is 3.79 Å². The molecule has 0 atom stereocenters. The van der Waals surface area contributed by atoms with Gasteiger partial charge in [0.15, 0.2) is 0 Å². The molecule has 0 N–H and O–H groups in total. The third-order valence-corrected chi connectivity index (χ3v) is 6.42. The summed E-state index contributed by atoms with van der Waals surface area (Å²) in [6.07, 6.45) is 8.35. The number of piperidine rings is 1. The van der Waals surface area contributed by atoms with Crippen molar-refractivity contribution in [2.45, 2.75) is 32.1 Å². The summed E-state index contributed by atoms with van der Waals surface area (Å²) < 4.78 is 1.07. The Morgan fingerprint density at radius 3 is 2.46 bits per heavy atom. The molecular formula is C18H23BrN2O2S. The van der Waals surface area contributed by atoms with Gasteiger partial charge in [-0.3, -0.25) is 9.59 Å². The quantitative estimate of drug-likeness (QED) is 0.708. The van der Waals surface area contributed by atoms with Crippen molar-refractivity contribution in [2.24, 2.45) is 5.92 Å². The fourth-order valence-corrected chi connectivity index (χ4v) is 4.70. The molecule has 0 spiro atoms. The number of hydrogen-bond acceptors (Lipinski definition) is 3. The fourth-order valence-electron chi connectivity index (χ4n) is 3.38. The third kappa shape index (κ3) is 4.70. The molecular weight excluding hydrogens is 388 g/mol. The summed E-state index contributed by atoms with van der Waals surface area (Å²) in [6, 6.07) is 3.98. The zero-order valence-corrected chi connectivity index (χ0v) is 16.2. The van der Waals surface area contributed by atoms with E-state index in [1.54, 1.807) is 17.4 Å². The van der Waals surface area contributed by atoms with Crippen LogP contribution in [0.15, 0.2) is 22.0 Å². The van der Waals surface area contributed by atoms with E-state index in [-0.39, 0.29) is 5.91 Å². The molecule has 2 fully saturated rings. The maximum Gasteiger partial charge on any atom is 0.246 e. The Hall–Kier alpha value is -1.14. The van der Waals surface area contributed by atoms with Crippen molar-refractivity contribution < 1.29 is 9.59 Å². The number of amides is 2. The molecule has 0 saturated carbocycles. The number of rotatable bonds is 4. The Kier molecular flexibility index (Phi) is 6.11. The molecule has 2 amide bonds. The first kappa shape index (κ1) is 17.7. The van der Waals surface area contributed by atoms with Gasteiger partial charge in [0.1, 0.15) is 0 Å². The predicted octanol–water partition coefficient (Wildman–Crippen LogP) is 3.77. The molecule has 0 radical (unpaired) electrons. The zero-order chi connectivity index (χ0) is 16.9. The second kappa shape index (κ2) is 8.30. The highest BCUT2D eigenvalue weighted by Crippen LogP contribution is 2.24. The number of nitrogens with zero attached hydrogens (tertiary/aromatic N) is 2. The average molecular weight is 411 g/mol. The van der Waals surface area contributed by atoms with Crippen molar-refractivity contribution in [3.05, 3.63) is 26.9 Å². The number of carbonyl (C=O) groups excluding carboxylic acids is 2. The zero-order valence-electron chi connectivity index (χ0n) is 13.7. The van der Waals surface area contributed by atoms with Crippen LogP contribution in [-0.2, 0) is 9.59 Å². The van der Waals surface area contributed by atoms with Gasteiger partial charge in [-0.25, -0.2) is 0 Å². The van der Waals surface area contributed by atoms with E-state index in [0.29, 0.717) is 18.2 Å². The summed E-state index contributed by atoms with van der Waals surface area (Å²) in [6.45, 7) is 3.38. The highest BCUT2D eigenvalue weighted by Gasteiger charge is 2.26. The lowest BCUT2D eigenvalue weighted by molar-refractivity contribution is -0.131. The van der Waals surface area contributed by atoms with Gasteiger partial charge >= 0.3 is 0 Å². The van der Waals surface area contributed by atoms with Crippen molar-refractivity contribution in [2.75, 3.05) is 26.2 Å². The summed E-state index contributed by atoms with van der Waals surface area (Å²) in [5.74, 6) is 0.809. The predicted molar refractivity (Wildman–Crippen MR) is 101 cm³/mol. The first-order chi connectivity index (χ1) is 11.6. The number of halogens is 1. The lowest BCUT2D eigenvalue weighted by Gasteiger charge is -2.31. The minimum atomic E-state index is 0.0730. The van der Waals surface area contributed by atoms with E-state index in [9.17, 15) is 9.59 Å². The monoisotopic (exact) mass is 410 g/mol. The molecule has 0 aliphatic carbocycles. The molecule has 0 bridgehead atoms. The lowest BCUT2D eigenvalue weighted by atomic mass is 9.93. The number of hydrogen-bond donors (Lipinski definition) is 0. The molecule has 0 unspecified atom stereocenters. The van der Waals surface area contributed by atoms with Crippen LogP contribution in [0.25, 0.3) is 6.08 Å². The molecule has 1 aromatic rings. The summed E-state index contributed by atoms with van der Waals surface area (Å²) in [5.41, 5.74) is 0. The normalized spacial score (nSPS) is 19.4. The van der Waals surface area contributed by atoms with Crippen molar-refractivity contribution >= 4 is 45.2 Å². The second-order valence-corrected chi connectivity index (χ2v) is 9.03. The van der Waals surface area contributed by atoms with Crippen LogP contribution in [-0.4, -0.2) is 47.8 Å². The van der Waals surface area contributed by atoms with Gasteiger partial charge in [0.2, 0.25) is 11.8 Å². The van der Waals surface area contributed by atoms with Gasteiger partial charge in [0, 0.05) is 43.6 Å². The van der Waals surface area contributed by atoms with E-state index < -0.39 is 0 Å². The third-order valence-electron chi connectivity index (χ3n) is 4.83. The highest BCUT2D eigenvalue weighted by molar-refractivity contribution is 9.11. The highest BCUT2D eigenvalue weighted by atomic mass is 79.9. The van der Waals surface area contributed by atoms with E-state index in [0.717, 1.165) is 60.5 Å². The van der Waals surface area contributed by atoms with Crippen molar-refractivity contribution in [1.29, 1.82) is 0 Å². The van der Waals surface area contributed by atoms with Crippen LogP contribution >= 0.6 is 27.3 Å². The van der Waals surface area contributed by atoms with Gasteiger partial charge in [-0.1, -0.05) is 0 Å². The van der Waals surface area contributed by atoms with Gasteiger partial charge in [-0.15, -0.1) is 11.3 Å². The maximum absolute atomic E-state index is 12.3. The minimum Gasteiger partial charge on any atom is -0.343 e. The van der Waals surface area contributed by atoms with Crippen LogP contribution in [0.1, 0.15) is 37.0 Å². The fraction of sp³-hybridized carbons (Fsp3) is 0.556. The van der Waals surface area contributed by atoms with E-state index >= 15 is 0 Å². The van der Waals surface area contributed by atoms with Crippen molar-refractivity contribution in [1.82, 2.24) is 9.80 Å². The Balaban J connectivity index is 1.43. The first-order valence-electron chi connectivity index (χ1n) is 8.62. The lowest BCUT2D eigenvalue weighted by Crippen LogP contribution is -2.39.